The first-order valence-corrected chi connectivity index (χ1v) is 15.7. The van der Waals surface area contributed by atoms with Gasteiger partial charge in [0, 0.05) is 52.4 Å². The number of carbonyl (C=O) groups is 1. The molecule has 3 atom stereocenters. The van der Waals surface area contributed by atoms with Crippen LogP contribution in [0.3, 0.4) is 0 Å². The lowest BCUT2D eigenvalue weighted by molar-refractivity contribution is -0.140. The van der Waals surface area contributed by atoms with Gasteiger partial charge in [-0.25, -0.2) is 12.8 Å². The first-order chi connectivity index (χ1) is 19.1. The number of nitrogen functional groups attached to an aromatic ring is 1. The number of Topliss-reactive ketones (excluding diaryl/α,β-unsaturated/α-hetero) is 1. The number of ketones is 1. The molecular formula is C31H36F4N2O3S. The monoisotopic (exact) mass is 592 g/mol. The van der Waals surface area contributed by atoms with Crippen LogP contribution in [0.2, 0.25) is 0 Å². The Bertz CT molecular complexity index is 1460. The van der Waals surface area contributed by atoms with Crippen molar-refractivity contribution in [2.75, 3.05) is 17.2 Å². The van der Waals surface area contributed by atoms with Gasteiger partial charge in [0.2, 0.25) is 0 Å². The Hall–Kier alpha value is -3.01. The zero-order valence-corrected chi connectivity index (χ0v) is 24.3. The van der Waals surface area contributed by atoms with Crippen LogP contribution in [-0.4, -0.2) is 31.4 Å². The molecule has 2 aromatic rings. The number of nitrogens with zero attached hydrogens (tertiary/aromatic N) is 1. The Labute approximate surface area is 238 Å². The minimum absolute atomic E-state index is 0.0191. The lowest BCUT2D eigenvalue weighted by Gasteiger charge is -2.27. The highest BCUT2D eigenvalue weighted by molar-refractivity contribution is 7.91. The van der Waals surface area contributed by atoms with Gasteiger partial charge in [-0.2, -0.15) is 13.2 Å². The molecule has 1 fully saturated rings. The number of hydrogen-bond donors (Lipinski definition) is 1. The molecule has 10 heteroatoms. The van der Waals surface area contributed by atoms with Crippen molar-refractivity contribution in [1.82, 2.24) is 0 Å². The van der Waals surface area contributed by atoms with E-state index >= 15 is 0 Å². The van der Waals surface area contributed by atoms with Gasteiger partial charge in [-0.15, -0.1) is 0 Å². The van der Waals surface area contributed by atoms with Gasteiger partial charge < -0.3 is 5.73 Å². The lowest BCUT2D eigenvalue weighted by atomic mass is 9.76. The fourth-order valence-corrected chi connectivity index (χ4v) is 6.31. The van der Waals surface area contributed by atoms with Crippen molar-refractivity contribution in [3.05, 3.63) is 76.7 Å². The van der Waals surface area contributed by atoms with E-state index in [2.05, 4.69) is 13.0 Å². The standard InChI is InChI=1S/C31H36F4N2O3S/c1-4-41(39,40)15-5-6-23(27(38)17-20-7-12-26(32)25(16-20)31(33,34)35)19(2)29-24(21-8-10-22(36)11-9-21)18-28(37-29)30(3)13-14-30/h7-12,16,18-19,23-24H,4-6,13-15,17,36H2,1-3H3. The molecule has 0 radical (unpaired) electrons. The fraction of sp³-hybridized carbons (Fsp3) is 0.484. The highest BCUT2D eigenvalue weighted by atomic mass is 32.2. The maximum Gasteiger partial charge on any atom is 0.419 e. The van der Waals surface area contributed by atoms with E-state index in [1.807, 2.05) is 19.1 Å². The van der Waals surface area contributed by atoms with Crippen LogP contribution in [0, 0.1) is 23.1 Å². The minimum atomic E-state index is -4.89. The van der Waals surface area contributed by atoms with Crippen LogP contribution >= 0.6 is 0 Å². The smallest absolute Gasteiger partial charge is 0.399 e. The fourth-order valence-electron chi connectivity index (χ4n) is 5.42. The third-order valence-electron chi connectivity index (χ3n) is 8.42. The first-order valence-electron chi connectivity index (χ1n) is 13.9. The largest absolute Gasteiger partial charge is 0.419 e. The van der Waals surface area contributed by atoms with Gasteiger partial charge in [0.25, 0.3) is 0 Å². The van der Waals surface area contributed by atoms with Crippen LogP contribution < -0.4 is 5.73 Å². The molecule has 2 aromatic carbocycles. The van der Waals surface area contributed by atoms with Crippen LogP contribution in [0.5, 0.6) is 0 Å². The SMILES string of the molecule is CCS(=O)(=O)CCCC(C(=O)Cc1ccc(F)c(C(F)(F)F)c1)C(C)C1=NC(C2(C)CC2)=CC1c1ccc(N)cc1. The molecule has 0 bridgehead atoms. The van der Waals surface area contributed by atoms with Crippen molar-refractivity contribution in [2.45, 2.75) is 65.0 Å². The molecule has 1 saturated carbocycles. The second-order valence-electron chi connectivity index (χ2n) is 11.5. The van der Waals surface area contributed by atoms with Crippen molar-refractivity contribution in [2.24, 2.45) is 22.2 Å². The highest BCUT2D eigenvalue weighted by Gasteiger charge is 2.45. The quantitative estimate of drug-likeness (QED) is 0.214. The molecule has 3 unspecified atom stereocenters. The summed E-state index contributed by atoms with van der Waals surface area (Å²) >= 11 is 0. The highest BCUT2D eigenvalue weighted by Crippen LogP contribution is 2.54. The Morgan fingerprint density at radius 2 is 1.80 bits per heavy atom. The van der Waals surface area contributed by atoms with Crippen molar-refractivity contribution in [1.29, 1.82) is 0 Å². The van der Waals surface area contributed by atoms with E-state index in [1.54, 1.807) is 19.1 Å². The molecule has 222 valence electrons. The number of aliphatic imine (C=N–C) groups is 1. The molecule has 1 aliphatic carbocycles. The van der Waals surface area contributed by atoms with Gasteiger partial charge in [0.15, 0.2) is 0 Å². The maximum absolute atomic E-state index is 13.9. The van der Waals surface area contributed by atoms with Crippen LogP contribution in [-0.2, 0) is 27.2 Å². The molecule has 41 heavy (non-hydrogen) atoms. The van der Waals surface area contributed by atoms with E-state index in [4.69, 9.17) is 10.7 Å². The molecule has 2 aliphatic rings. The number of carbonyl (C=O) groups excluding carboxylic acids is 1. The maximum atomic E-state index is 13.9. The lowest BCUT2D eigenvalue weighted by Crippen LogP contribution is -2.31. The summed E-state index contributed by atoms with van der Waals surface area (Å²) in [4.78, 5) is 18.8. The third kappa shape index (κ3) is 7.26. The van der Waals surface area contributed by atoms with Gasteiger partial charge in [0.05, 0.1) is 11.3 Å². The van der Waals surface area contributed by atoms with Crippen LogP contribution in [0.25, 0.3) is 0 Å². The Morgan fingerprint density at radius 3 is 2.39 bits per heavy atom. The molecule has 0 saturated heterocycles. The molecule has 4 rings (SSSR count). The molecule has 5 nitrogen and oxygen atoms in total. The van der Waals surface area contributed by atoms with Gasteiger partial charge >= 0.3 is 6.18 Å². The summed E-state index contributed by atoms with van der Waals surface area (Å²) in [5.74, 6) is -3.18. The number of sulfone groups is 1. The van der Waals surface area contributed by atoms with Crippen LogP contribution in [0.1, 0.15) is 69.1 Å². The third-order valence-corrected chi connectivity index (χ3v) is 10.2. The molecule has 1 heterocycles. The van der Waals surface area contributed by atoms with Crippen LogP contribution in [0.4, 0.5) is 23.2 Å². The molecule has 1 aliphatic heterocycles. The summed E-state index contributed by atoms with van der Waals surface area (Å²) in [6, 6.07) is 10.0. The normalized spacial score (nSPS) is 19.8. The summed E-state index contributed by atoms with van der Waals surface area (Å²) in [5, 5.41) is 0. The molecule has 0 spiro atoms. The van der Waals surface area contributed by atoms with E-state index in [0.29, 0.717) is 11.8 Å². The van der Waals surface area contributed by atoms with Crippen molar-refractivity contribution in [3.8, 4) is 0 Å². The average molecular weight is 593 g/mol. The van der Waals surface area contributed by atoms with E-state index in [9.17, 15) is 30.8 Å². The zero-order valence-electron chi connectivity index (χ0n) is 23.5. The zero-order chi connectivity index (χ0) is 30.2. The molecule has 0 amide bonds. The summed E-state index contributed by atoms with van der Waals surface area (Å²) in [7, 11) is -3.28. The van der Waals surface area contributed by atoms with Gasteiger partial charge in [-0.1, -0.05) is 39.0 Å². The second kappa shape index (κ2) is 11.7. The van der Waals surface area contributed by atoms with Crippen LogP contribution in [0.15, 0.2) is 59.2 Å². The van der Waals surface area contributed by atoms with Crippen molar-refractivity contribution in [3.63, 3.8) is 0 Å². The van der Waals surface area contributed by atoms with Gasteiger partial charge in [-0.3, -0.25) is 9.79 Å². The number of halogens is 4. The van der Waals surface area contributed by atoms with E-state index in [-0.39, 0.29) is 53.4 Å². The second-order valence-corrected chi connectivity index (χ2v) is 14.0. The van der Waals surface area contributed by atoms with Gasteiger partial charge in [0.1, 0.15) is 21.4 Å². The van der Waals surface area contributed by atoms with E-state index in [0.717, 1.165) is 35.9 Å². The van der Waals surface area contributed by atoms with E-state index in [1.165, 1.54) is 6.07 Å². The van der Waals surface area contributed by atoms with Gasteiger partial charge in [-0.05, 0) is 67.2 Å². The predicted molar refractivity (Wildman–Crippen MR) is 153 cm³/mol. The Kier molecular flexibility index (Phi) is 8.83. The summed E-state index contributed by atoms with van der Waals surface area (Å²) in [6.45, 7) is 5.57. The summed E-state index contributed by atoms with van der Waals surface area (Å²) < 4.78 is 78.2. The molecular weight excluding hydrogens is 556 g/mol. The first kappa shape index (κ1) is 30.9. The number of rotatable bonds is 12. The summed E-state index contributed by atoms with van der Waals surface area (Å²) in [5.41, 5.74) is 7.78. The molecule has 2 N–H and O–H groups in total. The summed E-state index contributed by atoms with van der Waals surface area (Å²) in [6.07, 6.45) is -0.655. The Balaban J connectivity index is 1.66. The topological polar surface area (TPSA) is 89.6 Å². The molecule has 0 aromatic heterocycles. The number of benzene rings is 2. The Morgan fingerprint density at radius 1 is 1.15 bits per heavy atom. The van der Waals surface area contributed by atoms with E-state index < -0.39 is 39.2 Å². The number of alkyl halides is 3. The average Bonchev–Trinajstić information content (AvgIpc) is 3.49. The number of anilines is 1. The number of nitrogens with two attached hydrogens (primary N) is 1. The number of allylic oxidation sites excluding steroid dienone is 2. The number of hydrogen-bond acceptors (Lipinski definition) is 5. The predicted octanol–water partition coefficient (Wildman–Crippen LogP) is 6.93. The van der Waals surface area contributed by atoms with Crippen molar-refractivity contribution >= 4 is 27.0 Å². The minimum Gasteiger partial charge on any atom is -0.399 e. The van der Waals surface area contributed by atoms with Crippen molar-refractivity contribution < 1.29 is 30.8 Å².